The van der Waals surface area contributed by atoms with Gasteiger partial charge in [0.05, 0.1) is 38.7 Å². The van der Waals surface area contributed by atoms with Crippen molar-refractivity contribution in [3.05, 3.63) is 46.2 Å². The number of anilines is 1. The third kappa shape index (κ3) is 2.77. The fraction of sp³-hybridized carbons (Fsp3) is 0.176. The Labute approximate surface area is 157 Å². The lowest BCUT2D eigenvalue weighted by molar-refractivity contribution is -0.114. The van der Waals surface area contributed by atoms with Gasteiger partial charge in [0.15, 0.2) is 5.13 Å². The van der Waals surface area contributed by atoms with Crippen LogP contribution in [0.3, 0.4) is 0 Å². The number of rotatable bonds is 3. The summed E-state index contributed by atoms with van der Waals surface area (Å²) in [6.45, 7) is 1.44. The van der Waals surface area contributed by atoms with Crippen molar-refractivity contribution in [1.82, 2.24) is 14.8 Å². The number of nitrogens with zero attached hydrogens (tertiary/aromatic N) is 3. The summed E-state index contributed by atoms with van der Waals surface area (Å²) in [5.41, 5.74) is 3.57. The number of benzene rings is 1. The molecule has 2 heterocycles. The van der Waals surface area contributed by atoms with E-state index in [1.54, 1.807) is 16.9 Å². The van der Waals surface area contributed by atoms with Gasteiger partial charge in [-0.1, -0.05) is 22.9 Å². The fourth-order valence-corrected chi connectivity index (χ4v) is 4.35. The summed E-state index contributed by atoms with van der Waals surface area (Å²) in [6.07, 6.45) is 3.35. The maximum atomic E-state index is 11.3. The molecule has 1 aliphatic carbocycles. The molecule has 9 heteroatoms. The molecule has 0 unspecified atom stereocenters. The van der Waals surface area contributed by atoms with Gasteiger partial charge in [-0.25, -0.2) is 14.5 Å². The minimum atomic E-state index is -1.04. The number of carbonyl (C=O) groups is 2. The van der Waals surface area contributed by atoms with Crippen LogP contribution in [0.2, 0.25) is 5.02 Å². The lowest BCUT2D eigenvalue weighted by atomic mass is 10.0. The number of hydrogen-bond acceptors (Lipinski definition) is 5. The van der Waals surface area contributed by atoms with Crippen molar-refractivity contribution >= 4 is 39.9 Å². The summed E-state index contributed by atoms with van der Waals surface area (Å²) < 4.78 is 1.71. The average molecular weight is 389 g/mol. The largest absolute Gasteiger partial charge is 0.478 e. The number of halogens is 1. The number of fused-ring (bicyclic) bond motifs is 3. The highest BCUT2D eigenvalue weighted by molar-refractivity contribution is 7.19. The Hall–Kier alpha value is -2.71. The van der Waals surface area contributed by atoms with Gasteiger partial charge in [-0.2, -0.15) is 5.10 Å². The first-order valence-corrected chi connectivity index (χ1v) is 9.01. The zero-order valence-corrected chi connectivity index (χ0v) is 15.2. The first-order valence-electron chi connectivity index (χ1n) is 7.82. The van der Waals surface area contributed by atoms with Gasteiger partial charge in [0.25, 0.3) is 0 Å². The highest BCUT2D eigenvalue weighted by Crippen LogP contribution is 2.41. The summed E-state index contributed by atoms with van der Waals surface area (Å²) in [4.78, 5) is 27.9. The topological polar surface area (TPSA) is 97.1 Å². The Morgan fingerprint density at radius 2 is 2.15 bits per heavy atom. The van der Waals surface area contributed by atoms with Gasteiger partial charge in [0.1, 0.15) is 0 Å². The minimum absolute atomic E-state index is 0.117. The predicted molar refractivity (Wildman–Crippen MR) is 98.4 cm³/mol. The second-order valence-electron chi connectivity index (χ2n) is 5.88. The van der Waals surface area contributed by atoms with Crippen molar-refractivity contribution in [1.29, 1.82) is 0 Å². The van der Waals surface area contributed by atoms with Crippen LogP contribution in [0.1, 0.15) is 28.5 Å². The molecule has 0 spiro atoms. The first kappa shape index (κ1) is 16.7. The van der Waals surface area contributed by atoms with E-state index in [9.17, 15) is 9.59 Å². The quantitative estimate of drug-likeness (QED) is 0.716. The molecule has 4 rings (SSSR count). The number of aromatic carboxylic acids is 1. The molecule has 2 N–H and O–H groups in total. The van der Waals surface area contributed by atoms with Gasteiger partial charge in [0, 0.05) is 6.92 Å². The molecule has 7 nitrogen and oxygen atoms in total. The summed E-state index contributed by atoms with van der Waals surface area (Å²) in [5.74, 6) is -1.21. The summed E-state index contributed by atoms with van der Waals surface area (Å²) in [5, 5.41) is 17.1. The molecular weight excluding hydrogens is 376 g/mol. The third-order valence-corrected chi connectivity index (χ3v) is 5.42. The maximum absolute atomic E-state index is 11.3. The molecule has 0 aliphatic heterocycles. The SMILES string of the molecule is CC(=O)Nc1nc2c(s1)-c1c(cnn1-c1ccc(C(=O)O)cc1Cl)CC2. The molecule has 0 radical (unpaired) electrons. The van der Waals surface area contributed by atoms with Gasteiger partial charge in [-0.15, -0.1) is 0 Å². The molecule has 0 fully saturated rings. The average Bonchev–Trinajstić information content (AvgIpc) is 3.16. The summed E-state index contributed by atoms with van der Waals surface area (Å²) >= 11 is 7.71. The van der Waals surface area contributed by atoms with Crippen molar-refractivity contribution in [3.63, 3.8) is 0 Å². The van der Waals surface area contributed by atoms with E-state index in [0.717, 1.165) is 34.7 Å². The molecule has 132 valence electrons. The highest BCUT2D eigenvalue weighted by atomic mass is 35.5. The molecule has 26 heavy (non-hydrogen) atoms. The molecule has 0 saturated heterocycles. The molecule has 0 saturated carbocycles. The number of carboxylic acid groups (broad SMARTS) is 1. The van der Waals surface area contributed by atoms with E-state index in [-0.39, 0.29) is 11.5 Å². The van der Waals surface area contributed by atoms with Crippen molar-refractivity contribution in [2.24, 2.45) is 0 Å². The zero-order valence-electron chi connectivity index (χ0n) is 13.6. The van der Waals surface area contributed by atoms with Gasteiger partial charge < -0.3 is 10.4 Å². The monoisotopic (exact) mass is 388 g/mol. The minimum Gasteiger partial charge on any atom is -0.478 e. The van der Waals surface area contributed by atoms with Crippen molar-refractivity contribution < 1.29 is 14.7 Å². The molecule has 3 aromatic rings. The molecule has 0 atom stereocenters. The smallest absolute Gasteiger partial charge is 0.335 e. The Morgan fingerprint density at radius 1 is 1.35 bits per heavy atom. The Balaban J connectivity index is 1.83. The second kappa shape index (κ2) is 6.22. The van der Waals surface area contributed by atoms with Crippen LogP contribution in [0.15, 0.2) is 24.4 Å². The van der Waals surface area contributed by atoms with Crippen LogP contribution in [0, 0.1) is 0 Å². The van der Waals surface area contributed by atoms with Crippen LogP contribution in [0.5, 0.6) is 0 Å². The van der Waals surface area contributed by atoms with Gasteiger partial charge >= 0.3 is 5.97 Å². The van der Waals surface area contributed by atoms with E-state index in [2.05, 4.69) is 15.4 Å². The fourth-order valence-electron chi connectivity index (χ4n) is 2.96. The van der Waals surface area contributed by atoms with Gasteiger partial charge in [-0.05, 0) is 36.6 Å². The lowest BCUT2D eigenvalue weighted by Crippen LogP contribution is -2.07. The number of carbonyl (C=O) groups excluding carboxylic acids is 1. The van der Waals surface area contributed by atoms with Crippen molar-refractivity contribution in [3.8, 4) is 16.3 Å². The van der Waals surface area contributed by atoms with E-state index in [1.165, 1.54) is 30.4 Å². The van der Waals surface area contributed by atoms with Crippen LogP contribution in [0.4, 0.5) is 5.13 Å². The van der Waals surface area contributed by atoms with Crippen LogP contribution in [0.25, 0.3) is 16.3 Å². The molecule has 2 aromatic heterocycles. The van der Waals surface area contributed by atoms with E-state index < -0.39 is 5.97 Å². The van der Waals surface area contributed by atoms with Crippen LogP contribution >= 0.6 is 22.9 Å². The van der Waals surface area contributed by atoms with Crippen molar-refractivity contribution in [2.75, 3.05) is 5.32 Å². The first-order chi connectivity index (χ1) is 12.4. The third-order valence-electron chi connectivity index (χ3n) is 4.09. The molecule has 1 aromatic carbocycles. The van der Waals surface area contributed by atoms with E-state index in [1.807, 2.05) is 0 Å². The summed E-state index contributed by atoms with van der Waals surface area (Å²) in [6, 6.07) is 4.55. The van der Waals surface area contributed by atoms with Gasteiger partial charge in [-0.3, -0.25) is 4.79 Å². The number of thiazole rings is 1. The van der Waals surface area contributed by atoms with Crippen LogP contribution < -0.4 is 5.32 Å². The lowest BCUT2D eigenvalue weighted by Gasteiger charge is -2.14. The number of nitrogens with one attached hydrogen (secondary N) is 1. The Morgan fingerprint density at radius 3 is 2.85 bits per heavy atom. The highest BCUT2D eigenvalue weighted by Gasteiger charge is 2.26. The Kier molecular flexibility index (Phi) is 4.01. The standard InChI is InChI=1S/C17H13ClN4O3S/c1-8(23)20-17-21-12-4-2-10-7-19-22(14(10)15(12)26-17)13-5-3-9(16(24)25)6-11(13)18/h3,5-7H,2,4H2,1H3,(H,24,25)(H,20,21,23). The number of carboxylic acids is 1. The molecule has 0 bridgehead atoms. The molecular formula is C17H13ClN4O3S. The maximum Gasteiger partial charge on any atom is 0.335 e. The van der Waals surface area contributed by atoms with E-state index in [4.69, 9.17) is 16.7 Å². The van der Waals surface area contributed by atoms with Gasteiger partial charge in [0.2, 0.25) is 5.91 Å². The molecule has 1 amide bonds. The number of hydrogen-bond donors (Lipinski definition) is 2. The van der Waals surface area contributed by atoms with Crippen molar-refractivity contribution in [2.45, 2.75) is 19.8 Å². The number of aryl methyl sites for hydroxylation is 2. The second-order valence-corrected chi connectivity index (χ2v) is 7.28. The normalized spacial score (nSPS) is 12.4. The number of amides is 1. The zero-order chi connectivity index (χ0) is 18.4. The molecule has 1 aliphatic rings. The van der Waals surface area contributed by atoms with E-state index >= 15 is 0 Å². The predicted octanol–water partition coefficient (Wildman–Crippen LogP) is 3.40. The summed E-state index contributed by atoms with van der Waals surface area (Å²) in [7, 11) is 0. The Bertz CT molecular complexity index is 1060. The van der Waals surface area contributed by atoms with Crippen LogP contribution in [-0.4, -0.2) is 31.7 Å². The van der Waals surface area contributed by atoms with E-state index in [0.29, 0.717) is 15.8 Å². The number of aromatic nitrogens is 3. The van der Waals surface area contributed by atoms with Crippen LogP contribution in [-0.2, 0) is 17.6 Å².